The van der Waals surface area contributed by atoms with Crippen molar-refractivity contribution < 1.29 is 9.53 Å². The number of hydrogen-bond acceptors (Lipinski definition) is 7. The summed E-state index contributed by atoms with van der Waals surface area (Å²) in [5, 5.41) is 4.12. The minimum absolute atomic E-state index is 0.319. The van der Waals surface area contributed by atoms with Crippen molar-refractivity contribution in [1.29, 1.82) is 0 Å². The van der Waals surface area contributed by atoms with Crippen LogP contribution in [0.1, 0.15) is 30.7 Å². The molecule has 2 aliphatic heterocycles. The monoisotopic (exact) mass is 421 g/mol. The number of benzene rings is 1. The molecule has 31 heavy (non-hydrogen) atoms. The van der Waals surface area contributed by atoms with Crippen LogP contribution in [0.15, 0.2) is 53.4 Å². The highest BCUT2D eigenvalue weighted by Crippen LogP contribution is 2.19. The van der Waals surface area contributed by atoms with Gasteiger partial charge in [-0.2, -0.15) is 9.78 Å². The SMILES string of the molecule is C=CN=C1C(=NCCN2CCCCC2)c2ncnn2C(=O)N1Cc1ccc(OC)cc1. The summed E-state index contributed by atoms with van der Waals surface area (Å²) in [6, 6.07) is 7.24. The second-order valence-corrected chi connectivity index (χ2v) is 7.48. The molecule has 0 spiro atoms. The summed E-state index contributed by atoms with van der Waals surface area (Å²) in [4.78, 5) is 30.6. The summed E-state index contributed by atoms with van der Waals surface area (Å²) in [7, 11) is 1.62. The smallest absolute Gasteiger partial charge is 0.352 e. The zero-order valence-corrected chi connectivity index (χ0v) is 17.8. The van der Waals surface area contributed by atoms with E-state index < -0.39 is 0 Å². The lowest BCUT2D eigenvalue weighted by atomic mass is 10.1. The highest BCUT2D eigenvalue weighted by atomic mass is 16.5. The van der Waals surface area contributed by atoms with Gasteiger partial charge in [0.05, 0.1) is 20.2 Å². The van der Waals surface area contributed by atoms with Gasteiger partial charge in [0.1, 0.15) is 17.8 Å². The summed E-state index contributed by atoms with van der Waals surface area (Å²) in [6.07, 6.45) is 6.56. The van der Waals surface area contributed by atoms with Crippen LogP contribution in [0.4, 0.5) is 4.79 Å². The molecule has 4 rings (SSSR count). The molecule has 3 heterocycles. The highest BCUT2D eigenvalue weighted by molar-refractivity contribution is 6.50. The number of likely N-dealkylation sites (tertiary alicyclic amines) is 1. The number of aliphatic imine (C=N–C) groups is 2. The number of hydrogen-bond donors (Lipinski definition) is 0. The van der Waals surface area contributed by atoms with Gasteiger partial charge in [-0.05, 0) is 43.6 Å². The molecule has 1 fully saturated rings. The fraction of sp³-hybridized carbons (Fsp3) is 0.409. The minimum Gasteiger partial charge on any atom is -0.497 e. The van der Waals surface area contributed by atoms with E-state index in [1.807, 2.05) is 24.3 Å². The van der Waals surface area contributed by atoms with E-state index in [0.29, 0.717) is 30.5 Å². The first-order chi connectivity index (χ1) is 15.2. The Kier molecular flexibility index (Phi) is 6.51. The number of carbonyl (C=O) groups excluding carboxylic acids is 1. The molecule has 9 heteroatoms. The number of amides is 1. The Morgan fingerprint density at radius 3 is 2.68 bits per heavy atom. The topological polar surface area (TPSA) is 88.2 Å². The summed E-state index contributed by atoms with van der Waals surface area (Å²) < 4.78 is 6.51. The maximum absolute atomic E-state index is 13.1. The quantitative estimate of drug-likeness (QED) is 0.686. The van der Waals surface area contributed by atoms with E-state index in [2.05, 4.69) is 26.6 Å². The van der Waals surface area contributed by atoms with Gasteiger partial charge in [0, 0.05) is 12.7 Å². The predicted octanol–water partition coefficient (Wildman–Crippen LogP) is 2.59. The van der Waals surface area contributed by atoms with Crippen LogP contribution in [0.2, 0.25) is 0 Å². The van der Waals surface area contributed by atoms with Crippen LogP contribution in [0.25, 0.3) is 0 Å². The van der Waals surface area contributed by atoms with Crippen molar-refractivity contribution in [3.8, 4) is 5.75 Å². The van der Waals surface area contributed by atoms with Crippen molar-refractivity contribution in [2.24, 2.45) is 9.98 Å². The van der Waals surface area contributed by atoms with Crippen LogP contribution >= 0.6 is 0 Å². The summed E-state index contributed by atoms with van der Waals surface area (Å²) in [6.45, 7) is 7.73. The molecular weight excluding hydrogens is 394 g/mol. The second-order valence-electron chi connectivity index (χ2n) is 7.48. The van der Waals surface area contributed by atoms with E-state index in [0.717, 1.165) is 30.9 Å². The summed E-state index contributed by atoms with van der Waals surface area (Å²) in [5.74, 6) is 1.61. The Balaban J connectivity index is 1.62. The van der Waals surface area contributed by atoms with E-state index in [-0.39, 0.29) is 6.03 Å². The number of aromatic nitrogens is 3. The molecule has 0 bridgehead atoms. The Labute approximate surface area is 181 Å². The molecule has 1 amide bonds. The van der Waals surface area contributed by atoms with Crippen molar-refractivity contribution in [1.82, 2.24) is 24.6 Å². The van der Waals surface area contributed by atoms with Gasteiger partial charge in [-0.25, -0.2) is 14.8 Å². The van der Waals surface area contributed by atoms with Gasteiger partial charge < -0.3 is 9.64 Å². The molecular formula is C22H27N7O2. The Morgan fingerprint density at radius 1 is 1.19 bits per heavy atom. The molecule has 1 saturated heterocycles. The fourth-order valence-electron chi connectivity index (χ4n) is 3.88. The molecule has 2 aromatic rings. The van der Waals surface area contributed by atoms with E-state index in [1.54, 1.807) is 12.0 Å². The normalized spacial score (nSPS) is 19.6. The van der Waals surface area contributed by atoms with Crippen molar-refractivity contribution in [2.45, 2.75) is 25.8 Å². The molecule has 0 aliphatic carbocycles. The molecule has 9 nitrogen and oxygen atoms in total. The van der Waals surface area contributed by atoms with E-state index >= 15 is 0 Å². The van der Waals surface area contributed by atoms with Crippen molar-refractivity contribution in [3.63, 3.8) is 0 Å². The first-order valence-electron chi connectivity index (χ1n) is 10.5. The lowest BCUT2D eigenvalue weighted by Gasteiger charge is -2.29. The summed E-state index contributed by atoms with van der Waals surface area (Å²) >= 11 is 0. The number of nitrogens with zero attached hydrogens (tertiary/aromatic N) is 7. The van der Waals surface area contributed by atoms with Crippen LogP contribution < -0.4 is 4.74 Å². The van der Waals surface area contributed by atoms with Gasteiger partial charge in [0.25, 0.3) is 0 Å². The Hall–Kier alpha value is -3.33. The zero-order chi connectivity index (χ0) is 21.6. The molecule has 0 radical (unpaired) electrons. The molecule has 0 saturated carbocycles. The lowest BCUT2D eigenvalue weighted by molar-refractivity contribution is 0.216. The van der Waals surface area contributed by atoms with Crippen LogP contribution in [0.3, 0.4) is 0 Å². The maximum Gasteiger partial charge on any atom is 0.352 e. The van der Waals surface area contributed by atoms with Crippen LogP contribution in [-0.4, -0.2) is 75.4 Å². The fourth-order valence-corrected chi connectivity index (χ4v) is 3.88. The molecule has 0 N–H and O–H groups in total. The number of methoxy groups -OCH3 is 1. The van der Waals surface area contributed by atoms with Crippen LogP contribution in [0, 0.1) is 0 Å². The molecule has 0 unspecified atom stereocenters. The standard InChI is InChI=1S/C22H27N7O2/c1-3-23-20-19(24-11-14-27-12-5-4-6-13-27)21-25-16-26-29(21)22(30)28(20)15-17-7-9-18(31-2)10-8-17/h3,7-10,16H,1,4-6,11-15H2,2H3. The van der Waals surface area contributed by atoms with E-state index in [9.17, 15) is 4.79 Å². The van der Waals surface area contributed by atoms with E-state index in [4.69, 9.17) is 9.73 Å². The van der Waals surface area contributed by atoms with Crippen molar-refractivity contribution >= 4 is 17.6 Å². The van der Waals surface area contributed by atoms with Gasteiger partial charge in [-0.3, -0.25) is 9.89 Å². The number of piperidine rings is 1. The van der Waals surface area contributed by atoms with Gasteiger partial charge in [0.15, 0.2) is 11.7 Å². The second kappa shape index (κ2) is 9.65. The number of ether oxygens (including phenoxy) is 1. The van der Waals surface area contributed by atoms with Crippen LogP contribution in [0.5, 0.6) is 5.75 Å². The Morgan fingerprint density at radius 2 is 1.97 bits per heavy atom. The third-order valence-corrected chi connectivity index (χ3v) is 5.49. The molecule has 2 aliphatic rings. The van der Waals surface area contributed by atoms with Gasteiger partial charge in [0.2, 0.25) is 0 Å². The number of fused-ring (bicyclic) bond motifs is 1. The van der Waals surface area contributed by atoms with Crippen LogP contribution in [-0.2, 0) is 6.54 Å². The average Bonchev–Trinajstić information content (AvgIpc) is 3.30. The van der Waals surface area contributed by atoms with E-state index in [1.165, 1.54) is 36.5 Å². The maximum atomic E-state index is 13.1. The first-order valence-corrected chi connectivity index (χ1v) is 10.5. The third kappa shape index (κ3) is 4.56. The molecule has 1 aromatic carbocycles. The van der Waals surface area contributed by atoms with Gasteiger partial charge in [-0.15, -0.1) is 0 Å². The largest absolute Gasteiger partial charge is 0.497 e. The predicted molar refractivity (Wildman–Crippen MR) is 119 cm³/mol. The Bertz CT molecular complexity index is 988. The number of amidine groups is 1. The number of carbonyl (C=O) groups is 1. The van der Waals surface area contributed by atoms with Gasteiger partial charge in [-0.1, -0.05) is 25.1 Å². The summed E-state index contributed by atoms with van der Waals surface area (Å²) in [5.41, 5.74) is 1.49. The van der Waals surface area contributed by atoms with Gasteiger partial charge >= 0.3 is 6.03 Å². The minimum atomic E-state index is -0.320. The highest BCUT2D eigenvalue weighted by Gasteiger charge is 2.36. The van der Waals surface area contributed by atoms with Crippen molar-refractivity contribution in [2.75, 3.05) is 33.3 Å². The van der Waals surface area contributed by atoms with Crippen molar-refractivity contribution in [3.05, 3.63) is 54.8 Å². The molecule has 1 aromatic heterocycles. The zero-order valence-electron chi connectivity index (χ0n) is 17.8. The lowest BCUT2D eigenvalue weighted by Crippen LogP contribution is -2.50. The third-order valence-electron chi connectivity index (χ3n) is 5.49. The average molecular weight is 422 g/mol. The molecule has 0 atom stereocenters. The number of rotatable bonds is 7. The first kappa shape index (κ1) is 20.9. The molecule has 162 valence electrons.